The molecule has 0 spiro atoms. The van der Waals surface area contributed by atoms with Gasteiger partial charge >= 0.3 is 6.67 Å². The molecule has 0 fully saturated rings. The fraction of sp³-hybridized carbons (Fsp3) is 0.0571. The summed E-state index contributed by atoms with van der Waals surface area (Å²) in [6.45, 7) is 7.43. The largest absolute Gasteiger partial charge is 0.407 e. The summed E-state index contributed by atoms with van der Waals surface area (Å²) in [5, 5.41) is 11.1. The van der Waals surface area contributed by atoms with Crippen molar-refractivity contribution in [2.24, 2.45) is 0 Å². The van der Waals surface area contributed by atoms with Gasteiger partial charge in [-0.1, -0.05) is 88.9 Å². The zero-order valence-corrected chi connectivity index (χ0v) is 28.1. The highest BCUT2D eigenvalue weighted by Crippen LogP contribution is 2.40. The van der Waals surface area contributed by atoms with Gasteiger partial charge in [0.25, 0.3) is 10.1 Å². The Bertz CT molecular complexity index is 2140. The second-order valence-corrected chi connectivity index (χ2v) is 13.1. The fourth-order valence-electron chi connectivity index (χ4n) is 5.21. The van der Waals surface area contributed by atoms with Crippen LogP contribution in [0.4, 0.5) is 17.1 Å². The predicted octanol–water partition coefficient (Wildman–Crippen LogP) is 9.80. The highest BCUT2D eigenvalue weighted by Gasteiger charge is 2.26. The first kappa shape index (κ1) is 34.0. The minimum absolute atomic E-state index is 0.0387. The molecule has 47 heavy (non-hydrogen) atoms. The summed E-state index contributed by atoms with van der Waals surface area (Å²) < 4.78 is 36.9. The number of para-hydroxylation sites is 2. The Morgan fingerprint density at radius 3 is 1.96 bits per heavy atom. The van der Waals surface area contributed by atoms with E-state index in [9.17, 15) is 18.2 Å². The summed E-state index contributed by atoms with van der Waals surface area (Å²) >= 11 is 25.9. The summed E-state index contributed by atoms with van der Waals surface area (Å²) in [6.07, 6.45) is 7.12. The second kappa shape index (κ2) is 14.6. The van der Waals surface area contributed by atoms with Crippen molar-refractivity contribution >= 4 is 84.9 Å². The van der Waals surface area contributed by atoms with Crippen molar-refractivity contribution in [3.63, 3.8) is 0 Å². The van der Waals surface area contributed by atoms with Gasteiger partial charge in [-0.3, -0.25) is 4.55 Å². The molecule has 0 unspecified atom stereocenters. The molecule has 1 aliphatic carbocycles. The predicted molar refractivity (Wildman–Crippen MR) is 189 cm³/mol. The van der Waals surface area contributed by atoms with Crippen LogP contribution in [-0.2, 0) is 10.1 Å². The van der Waals surface area contributed by atoms with E-state index < -0.39 is 10.1 Å². The monoisotopic (exact) mass is 719 g/mol. The SMILES string of the molecule is [C-]#[N+]C[N+](=C1C=CC(=C(c2ccc(N(CC#N)c3c(Cl)cccc3Cl)cc2)c2ccccc2S(=O)(=O)O)C=C1)c1c(Cl)cccc1Cl. The average Bonchev–Trinajstić information content (AvgIpc) is 3.04. The topological polar surface area (TPSA) is 88.8 Å². The Kier molecular flexibility index (Phi) is 10.5. The minimum Gasteiger partial charge on any atom is -0.325 e. The molecule has 5 rings (SSSR count). The van der Waals surface area contributed by atoms with Gasteiger partial charge < -0.3 is 4.90 Å². The van der Waals surface area contributed by atoms with Crippen molar-refractivity contribution in [3.8, 4) is 6.07 Å². The lowest BCUT2D eigenvalue weighted by molar-refractivity contribution is -0.427. The molecule has 0 bridgehead atoms. The maximum Gasteiger partial charge on any atom is 0.407 e. The van der Waals surface area contributed by atoms with E-state index in [-0.39, 0.29) is 23.7 Å². The van der Waals surface area contributed by atoms with E-state index in [1.54, 1.807) is 107 Å². The zero-order chi connectivity index (χ0) is 33.7. The van der Waals surface area contributed by atoms with Crippen LogP contribution in [0.1, 0.15) is 11.1 Å². The minimum atomic E-state index is -4.61. The average molecular weight is 721 g/mol. The second-order valence-electron chi connectivity index (χ2n) is 10.1. The standard InChI is InChI=1S/C35H22Cl4N4O3S/c1-41-22-43(35-30(38)9-5-10-31(35)39)26-18-14-24(15-19-26)33(27-6-2-3-11-32(27)47(44,45)46)23-12-16-25(17-13-23)42(21-20-40)34-28(36)7-4-8-29(34)37/h2-19H,21-22H2/p+1. The summed E-state index contributed by atoms with van der Waals surface area (Å²) in [7, 11) is -4.61. The van der Waals surface area contributed by atoms with E-state index in [0.29, 0.717) is 59.6 Å². The molecular weight excluding hydrogens is 698 g/mol. The van der Waals surface area contributed by atoms with Gasteiger partial charge in [0.1, 0.15) is 21.5 Å². The molecule has 4 aromatic carbocycles. The maximum atomic E-state index is 12.5. The first-order valence-corrected chi connectivity index (χ1v) is 16.8. The molecular formula is C35H23Cl4N4O3S+. The van der Waals surface area contributed by atoms with E-state index in [4.69, 9.17) is 53.0 Å². The smallest absolute Gasteiger partial charge is 0.325 e. The third-order valence-electron chi connectivity index (χ3n) is 7.23. The van der Waals surface area contributed by atoms with Crippen LogP contribution in [0.15, 0.2) is 120 Å². The molecule has 12 heteroatoms. The maximum absolute atomic E-state index is 12.5. The Balaban J connectivity index is 1.69. The number of nitriles is 1. The summed E-state index contributed by atoms with van der Waals surface area (Å²) in [5.74, 6) is 0. The van der Waals surface area contributed by atoms with Gasteiger partial charge in [0.05, 0.1) is 21.8 Å². The van der Waals surface area contributed by atoms with Gasteiger partial charge in [-0.25, -0.2) is 11.4 Å². The molecule has 0 heterocycles. The summed E-state index contributed by atoms with van der Waals surface area (Å²) in [5.41, 5.74) is 4.22. The molecule has 1 N–H and O–H groups in total. The van der Waals surface area contributed by atoms with Gasteiger partial charge in [0.2, 0.25) is 11.4 Å². The lowest BCUT2D eigenvalue weighted by Crippen LogP contribution is -2.18. The number of allylic oxidation sites excluding steroid dienone is 5. The first-order chi connectivity index (χ1) is 22.5. The molecule has 234 valence electrons. The normalized spacial score (nSPS) is 12.4. The van der Waals surface area contributed by atoms with Crippen molar-refractivity contribution in [2.75, 3.05) is 18.1 Å². The van der Waals surface area contributed by atoms with Crippen LogP contribution in [-0.4, -0.2) is 36.5 Å². The fourth-order valence-corrected chi connectivity index (χ4v) is 7.11. The van der Waals surface area contributed by atoms with Crippen LogP contribution >= 0.6 is 46.4 Å². The van der Waals surface area contributed by atoms with Crippen LogP contribution in [0.5, 0.6) is 0 Å². The van der Waals surface area contributed by atoms with E-state index in [0.717, 1.165) is 0 Å². The van der Waals surface area contributed by atoms with E-state index in [1.807, 2.05) is 0 Å². The molecule has 0 amide bonds. The van der Waals surface area contributed by atoms with Crippen molar-refractivity contribution in [1.29, 1.82) is 5.26 Å². The van der Waals surface area contributed by atoms with Gasteiger partial charge in [-0.15, -0.1) is 4.58 Å². The van der Waals surface area contributed by atoms with Crippen molar-refractivity contribution < 1.29 is 17.5 Å². The number of hydrogen-bond acceptors (Lipinski definition) is 4. The van der Waals surface area contributed by atoms with Crippen LogP contribution in [0.3, 0.4) is 0 Å². The van der Waals surface area contributed by atoms with Crippen LogP contribution in [0.2, 0.25) is 20.1 Å². The van der Waals surface area contributed by atoms with Gasteiger partial charge in [0, 0.05) is 23.4 Å². The number of halogens is 4. The number of rotatable bonds is 8. The third-order valence-corrected chi connectivity index (χ3v) is 9.36. The van der Waals surface area contributed by atoms with E-state index in [1.165, 1.54) is 12.1 Å². The molecule has 0 aliphatic heterocycles. The van der Waals surface area contributed by atoms with Crippen LogP contribution < -0.4 is 4.90 Å². The summed E-state index contributed by atoms with van der Waals surface area (Å²) in [6, 6.07) is 25.6. The molecule has 0 aromatic heterocycles. The number of anilines is 2. The van der Waals surface area contributed by atoms with E-state index >= 15 is 0 Å². The number of hydrogen-bond donors (Lipinski definition) is 1. The molecule has 4 aromatic rings. The molecule has 0 atom stereocenters. The quantitative estimate of drug-likeness (QED) is 0.0848. The third kappa shape index (κ3) is 7.30. The number of benzene rings is 4. The van der Waals surface area contributed by atoms with Gasteiger partial charge in [-0.05, 0) is 71.3 Å². The first-order valence-electron chi connectivity index (χ1n) is 13.8. The Hall–Kier alpha value is -4.38. The Labute approximate surface area is 292 Å². The highest BCUT2D eigenvalue weighted by atomic mass is 35.5. The van der Waals surface area contributed by atoms with Gasteiger partial charge in [0.15, 0.2) is 0 Å². The van der Waals surface area contributed by atoms with Crippen molar-refractivity contribution in [3.05, 3.63) is 157 Å². The molecule has 0 saturated carbocycles. The molecule has 0 saturated heterocycles. The van der Waals surface area contributed by atoms with Crippen molar-refractivity contribution in [2.45, 2.75) is 4.90 Å². The van der Waals surface area contributed by atoms with Crippen LogP contribution in [0, 0.1) is 17.9 Å². The van der Waals surface area contributed by atoms with Crippen molar-refractivity contribution in [1.82, 2.24) is 0 Å². The highest BCUT2D eigenvalue weighted by molar-refractivity contribution is 7.86. The summed E-state index contributed by atoms with van der Waals surface area (Å²) in [4.78, 5) is 4.96. The van der Waals surface area contributed by atoms with Crippen LogP contribution in [0.25, 0.3) is 10.4 Å². The lowest BCUT2D eigenvalue weighted by Gasteiger charge is -2.25. The van der Waals surface area contributed by atoms with E-state index in [2.05, 4.69) is 10.9 Å². The molecule has 0 radical (unpaired) electrons. The lowest BCUT2D eigenvalue weighted by atomic mass is 9.90. The number of nitrogens with zero attached hydrogens (tertiary/aromatic N) is 4. The van der Waals surface area contributed by atoms with Gasteiger partial charge in [-0.2, -0.15) is 13.7 Å². The molecule has 7 nitrogen and oxygen atoms in total. The Morgan fingerprint density at radius 2 is 1.40 bits per heavy atom. The Morgan fingerprint density at radius 1 is 0.830 bits per heavy atom. The zero-order valence-electron chi connectivity index (χ0n) is 24.3. The molecule has 1 aliphatic rings.